The van der Waals surface area contributed by atoms with Gasteiger partial charge in [-0.1, -0.05) is 46.3 Å². The van der Waals surface area contributed by atoms with Crippen molar-refractivity contribution in [2.24, 2.45) is 46.3 Å². The Hall–Kier alpha value is -1.36. The van der Waals surface area contributed by atoms with Crippen molar-refractivity contribution in [3.05, 3.63) is 11.6 Å². The van der Waals surface area contributed by atoms with Gasteiger partial charge in [-0.3, -0.25) is 9.59 Å². The molecule has 0 N–H and O–H groups in total. The van der Waals surface area contributed by atoms with Crippen LogP contribution in [0, 0.1) is 46.3 Å². The second kappa shape index (κ2) is 9.35. The molecule has 4 aliphatic carbocycles. The van der Waals surface area contributed by atoms with Crippen LogP contribution in [0.1, 0.15) is 112 Å². The molecule has 0 aromatic carbocycles. The number of fused-ring (bicyclic) bond motifs is 7. The first-order chi connectivity index (χ1) is 18.0. The SMILES string of the molecule is CCCC(=O)O[C@@H]1CC[C@@]2(C)C(=CC[C@H]3[C@@H]4C[C@@H]5O[C@]6(CC[C@H](C)CN6C(C)=O)[C@@H](C)[C@@H]5[C@@]4(C)CC[C@@H]32)C1. The summed E-state index contributed by atoms with van der Waals surface area (Å²) in [7, 11) is 0. The van der Waals surface area contributed by atoms with Gasteiger partial charge in [-0.15, -0.1) is 0 Å². The first-order valence-corrected chi connectivity index (χ1v) is 15.9. The number of carbonyl (C=O) groups is 2. The Morgan fingerprint density at radius 3 is 2.63 bits per heavy atom. The number of esters is 1. The molecule has 212 valence electrons. The van der Waals surface area contributed by atoms with Crippen LogP contribution in [0.3, 0.4) is 0 Å². The van der Waals surface area contributed by atoms with Gasteiger partial charge in [0.25, 0.3) is 0 Å². The Balaban J connectivity index is 1.22. The van der Waals surface area contributed by atoms with Crippen LogP contribution in [-0.4, -0.2) is 41.3 Å². The van der Waals surface area contributed by atoms with Crippen molar-refractivity contribution in [3.8, 4) is 0 Å². The molecule has 11 atom stereocenters. The fourth-order valence-electron chi connectivity index (χ4n) is 11.0. The van der Waals surface area contributed by atoms with E-state index in [9.17, 15) is 9.59 Å². The number of carbonyl (C=O) groups excluding carboxylic acids is 2. The van der Waals surface area contributed by atoms with E-state index in [4.69, 9.17) is 9.47 Å². The predicted octanol–water partition coefficient (Wildman–Crippen LogP) is 6.90. The number of hydrogen-bond acceptors (Lipinski definition) is 4. The molecule has 0 aromatic rings. The van der Waals surface area contributed by atoms with Crippen molar-refractivity contribution in [1.29, 1.82) is 0 Å². The average Bonchev–Trinajstić information content (AvgIpc) is 3.31. The predicted molar refractivity (Wildman–Crippen MR) is 148 cm³/mol. The maximum absolute atomic E-state index is 12.8. The number of ether oxygens (including phenoxy) is 2. The molecule has 6 aliphatic rings. The molecule has 5 heteroatoms. The minimum Gasteiger partial charge on any atom is -0.462 e. The van der Waals surface area contributed by atoms with Crippen LogP contribution in [-0.2, 0) is 19.1 Å². The zero-order valence-corrected chi connectivity index (χ0v) is 24.8. The van der Waals surface area contributed by atoms with E-state index in [0.717, 1.165) is 57.4 Å². The van der Waals surface area contributed by atoms with E-state index >= 15 is 0 Å². The summed E-state index contributed by atoms with van der Waals surface area (Å²) in [5.74, 6) is 3.76. The highest BCUT2D eigenvalue weighted by Gasteiger charge is 2.69. The molecular formula is C33H51NO4. The van der Waals surface area contributed by atoms with Gasteiger partial charge in [-0.2, -0.15) is 0 Å². The van der Waals surface area contributed by atoms with Gasteiger partial charge in [-0.05, 0) is 98.2 Å². The van der Waals surface area contributed by atoms with Crippen molar-refractivity contribution in [1.82, 2.24) is 4.90 Å². The molecule has 0 aromatic heterocycles. The monoisotopic (exact) mass is 525 g/mol. The molecule has 38 heavy (non-hydrogen) atoms. The highest BCUT2D eigenvalue weighted by Crippen LogP contribution is 2.70. The van der Waals surface area contributed by atoms with Gasteiger partial charge in [0.2, 0.25) is 5.91 Å². The van der Waals surface area contributed by atoms with E-state index in [1.807, 2.05) is 6.92 Å². The van der Waals surface area contributed by atoms with Crippen LogP contribution in [0.4, 0.5) is 0 Å². The molecule has 2 heterocycles. The molecule has 6 rings (SSSR count). The van der Waals surface area contributed by atoms with Gasteiger partial charge in [-0.25, -0.2) is 0 Å². The number of allylic oxidation sites excluding steroid dienone is 1. The van der Waals surface area contributed by atoms with Crippen molar-refractivity contribution < 1.29 is 19.1 Å². The second-order valence-electron chi connectivity index (χ2n) is 14.7. The first-order valence-electron chi connectivity index (χ1n) is 15.9. The quantitative estimate of drug-likeness (QED) is 0.297. The van der Waals surface area contributed by atoms with E-state index in [0.29, 0.717) is 36.0 Å². The third-order valence-corrected chi connectivity index (χ3v) is 12.8. The Morgan fingerprint density at radius 2 is 1.89 bits per heavy atom. The molecule has 2 saturated heterocycles. The summed E-state index contributed by atoms with van der Waals surface area (Å²) in [6, 6.07) is 0. The highest BCUT2D eigenvalue weighted by molar-refractivity contribution is 5.74. The lowest BCUT2D eigenvalue weighted by Crippen LogP contribution is -2.60. The van der Waals surface area contributed by atoms with Gasteiger partial charge in [0.05, 0.1) is 6.10 Å². The summed E-state index contributed by atoms with van der Waals surface area (Å²) in [5.41, 5.74) is 1.71. The van der Waals surface area contributed by atoms with Crippen LogP contribution >= 0.6 is 0 Å². The summed E-state index contributed by atoms with van der Waals surface area (Å²) in [5, 5.41) is 0. The van der Waals surface area contributed by atoms with E-state index in [2.05, 4.69) is 38.7 Å². The molecular weight excluding hydrogens is 474 g/mol. The number of piperidine rings is 1. The molecule has 3 saturated carbocycles. The van der Waals surface area contributed by atoms with Crippen LogP contribution in [0.25, 0.3) is 0 Å². The number of hydrogen-bond donors (Lipinski definition) is 0. The van der Waals surface area contributed by atoms with Crippen molar-refractivity contribution in [3.63, 3.8) is 0 Å². The topological polar surface area (TPSA) is 55.8 Å². The maximum atomic E-state index is 12.8. The van der Waals surface area contributed by atoms with Gasteiger partial charge in [0.1, 0.15) is 11.8 Å². The van der Waals surface area contributed by atoms with Crippen LogP contribution in [0.2, 0.25) is 0 Å². The number of rotatable bonds is 3. The van der Waals surface area contributed by atoms with Crippen molar-refractivity contribution in [2.75, 3.05) is 6.54 Å². The minimum absolute atomic E-state index is 0.0241. The smallest absolute Gasteiger partial charge is 0.306 e. The van der Waals surface area contributed by atoms with E-state index in [1.165, 1.54) is 19.3 Å². The van der Waals surface area contributed by atoms with Crippen LogP contribution < -0.4 is 0 Å². The number of nitrogens with zero attached hydrogens (tertiary/aromatic N) is 1. The molecule has 0 unspecified atom stereocenters. The zero-order valence-electron chi connectivity index (χ0n) is 24.8. The molecule has 0 radical (unpaired) electrons. The summed E-state index contributed by atoms with van der Waals surface area (Å²) < 4.78 is 13.0. The molecule has 5 nitrogen and oxygen atoms in total. The lowest BCUT2D eigenvalue weighted by Gasteiger charge is -2.59. The fraction of sp³-hybridized carbons (Fsp3) is 0.879. The van der Waals surface area contributed by atoms with Gasteiger partial charge >= 0.3 is 5.97 Å². The van der Waals surface area contributed by atoms with Gasteiger partial charge in [0.15, 0.2) is 0 Å². The molecule has 5 fully saturated rings. The Kier molecular flexibility index (Phi) is 6.60. The summed E-state index contributed by atoms with van der Waals surface area (Å²) in [6.07, 6.45) is 14.4. The summed E-state index contributed by atoms with van der Waals surface area (Å²) >= 11 is 0. The van der Waals surface area contributed by atoms with Crippen molar-refractivity contribution in [2.45, 2.75) is 130 Å². The Labute approximate surface area is 230 Å². The molecule has 1 spiro atoms. The lowest BCUT2D eigenvalue weighted by molar-refractivity contribution is -0.200. The summed E-state index contributed by atoms with van der Waals surface area (Å²) in [4.78, 5) is 27.1. The van der Waals surface area contributed by atoms with E-state index in [1.54, 1.807) is 12.5 Å². The largest absolute Gasteiger partial charge is 0.462 e. The first kappa shape index (κ1) is 26.8. The Morgan fingerprint density at radius 1 is 1.11 bits per heavy atom. The average molecular weight is 526 g/mol. The standard InChI is InChI=1S/C33H51NO4/c1-7-8-29(36)37-24-12-14-31(5)23(17-24)9-10-25-26(31)13-15-32(6)27(25)18-28-30(32)21(3)33(38-28)16-11-20(2)19-34(33)22(4)35/h9,20-21,24-28,30H,7-8,10-19H2,1-6H3/t20-,21-,24+,25+,26-,27-,28-,30-,31-,32-,33+/m0/s1. The maximum Gasteiger partial charge on any atom is 0.306 e. The van der Waals surface area contributed by atoms with Gasteiger partial charge in [0, 0.05) is 32.2 Å². The zero-order chi connectivity index (χ0) is 27.0. The minimum atomic E-state index is -0.391. The van der Waals surface area contributed by atoms with Crippen molar-refractivity contribution >= 4 is 11.9 Å². The second-order valence-corrected chi connectivity index (χ2v) is 14.7. The van der Waals surface area contributed by atoms with E-state index < -0.39 is 5.72 Å². The molecule has 0 bridgehead atoms. The lowest BCUT2D eigenvalue weighted by atomic mass is 9.46. The summed E-state index contributed by atoms with van der Waals surface area (Å²) in [6.45, 7) is 14.4. The number of likely N-dealkylation sites (tertiary alicyclic amines) is 1. The van der Waals surface area contributed by atoms with Crippen LogP contribution in [0.15, 0.2) is 11.6 Å². The third kappa shape index (κ3) is 3.79. The number of amides is 1. The van der Waals surface area contributed by atoms with Crippen LogP contribution in [0.5, 0.6) is 0 Å². The molecule has 2 aliphatic heterocycles. The molecule has 1 amide bonds. The normalized spacial score (nSPS) is 49.5. The fourth-order valence-corrected chi connectivity index (χ4v) is 11.0. The van der Waals surface area contributed by atoms with E-state index in [-0.39, 0.29) is 34.9 Å². The third-order valence-electron chi connectivity index (χ3n) is 12.8. The Bertz CT molecular complexity index is 1010. The highest BCUT2D eigenvalue weighted by atomic mass is 16.5. The van der Waals surface area contributed by atoms with Gasteiger partial charge < -0.3 is 14.4 Å².